The summed E-state index contributed by atoms with van der Waals surface area (Å²) in [5.41, 5.74) is 2.96. The molecule has 32 heavy (non-hydrogen) atoms. The fourth-order valence-electron chi connectivity index (χ4n) is 2.98. The van der Waals surface area contributed by atoms with Crippen LogP contribution >= 0.6 is 35.6 Å². The van der Waals surface area contributed by atoms with Gasteiger partial charge in [0.25, 0.3) is 0 Å². The van der Waals surface area contributed by atoms with E-state index in [1.54, 1.807) is 23.1 Å². The number of guanidine groups is 1. The van der Waals surface area contributed by atoms with E-state index < -0.39 is 0 Å². The standard InChI is InChI=1S/C23H27ClN6O.HI/c1-2-25-23(26-13-11-18-7-9-20(24)10-8-18)27-16-19-5-3-6-21(15-19)29-22(31)17-30-14-4-12-28-30;/h3-10,12,14-15H,2,11,13,16-17H2,1H3,(H,29,31)(H2,25,26,27);1H. The minimum absolute atomic E-state index is 0. The molecule has 2 aromatic carbocycles. The number of carbonyl (C=O) groups is 1. The van der Waals surface area contributed by atoms with Crippen molar-refractivity contribution in [2.45, 2.75) is 26.4 Å². The van der Waals surface area contributed by atoms with Gasteiger partial charge < -0.3 is 16.0 Å². The summed E-state index contributed by atoms with van der Waals surface area (Å²) in [4.78, 5) is 16.8. The van der Waals surface area contributed by atoms with Crippen LogP contribution in [0.5, 0.6) is 0 Å². The van der Waals surface area contributed by atoms with E-state index in [9.17, 15) is 4.79 Å². The molecule has 0 radical (unpaired) electrons. The Kier molecular flexibility index (Phi) is 11.0. The van der Waals surface area contributed by atoms with Crippen LogP contribution in [0, 0.1) is 0 Å². The van der Waals surface area contributed by atoms with Gasteiger partial charge >= 0.3 is 0 Å². The minimum Gasteiger partial charge on any atom is -0.357 e. The summed E-state index contributed by atoms with van der Waals surface area (Å²) in [6.45, 7) is 4.25. The zero-order valence-corrected chi connectivity index (χ0v) is 21.0. The molecule has 0 fully saturated rings. The molecule has 0 saturated carbocycles. The van der Waals surface area contributed by atoms with E-state index in [1.807, 2.05) is 55.5 Å². The number of carbonyl (C=O) groups excluding carboxylic acids is 1. The van der Waals surface area contributed by atoms with E-state index in [1.165, 1.54) is 5.56 Å². The molecule has 0 aliphatic rings. The molecular weight excluding hydrogens is 539 g/mol. The van der Waals surface area contributed by atoms with Crippen molar-refractivity contribution in [3.63, 3.8) is 0 Å². The van der Waals surface area contributed by atoms with Gasteiger partial charge in [-0.2, -0.15) is 5.10 Å². The number of aliphatic imine (C=N–C) groups is 1. The first kappa shape index (κ1) is 25.7. The number of nitrogens with zero attached hydrogens (tertiary/aromatic N) is 3. The minimum atomic E-state index is -0.124. The largest absolute Gasteiger partial charge is 0.357 e. The van der Waals surface area contributed by atoms with E-state index in [0.29, 0.717) is 6.54 Å². The molecule has 0 atom stereocenters. The van der Waals surface area contributed by atoms with E-state index in [2.05, 4.69) is 26.0 Å². The fraction of sp³-hybridized carbons (Fsp3) is 0.261. The van der Waals surface area contributed by atoms with Crippen molar-refractivity contribution < 1.29 is 4.79 Å². The van der Waals surface area contributed by atoms with Crippen molar-refractivity contribution in [1.82, 2.24) is 20.4 Å². The van der Waals surface area contributed by atoms with Crippen LogP contribution in [0.2, 0.25) is 5.02 Å². The van der Waals surface area contributed by atoms with Gasteiger partial charge in [-0.15, -0.1) is 24.0 Å². The zero-order valence-electron chi connectivity index (χ0n) is 17.9. The van der Waals surface area contributed by atoms with Gasteiger partial charge in [-0.05, 0) is 54.8 Å². The molecule has 3 N–H and O–H groups in total. The Bertz CT molecular complexity index is 992. The van der Waals surface area contributed by atoms with Gasteiger partial charge in [-0.3, -0.25) is 9.48 Å². The van der Waals surface area contributed by atoms with Crippen LogP contribution in [0.3, 0.4) is 0 Å². The number of hydrogen-bond acceptors (Lipinski definition) is 3. The lowest BCUT2D eigenvalue weighted by atomic mass is 10.1. The maximum Gasteiger partial charge on any atom is 0.246 e. The molecule has 0 saturated heterocycles. The van der Waals surface area contributed by atoms with Gasteiger partial charge in [0.15, 0.2) is 5.96 Å². The van der Waals surface area contributed by atoms with E-state index in [0.717, 1.165) is 41.7 Å². The second kappa shape index (κ2) is 13.7. The molecule has 3 aromatic rings. The van der Waals surface area contributed by atoms with Gasteiger partial charge in [-0.25, -0.2) is 4.99 Å². The SMILES string of the molecule is CCNC(=NCc1cccc(NC(=O)Cn2cccn2)c1)NCCc1ccc(Cl)cc1.I. The Morgan fingerprint density at radius 2 is 1.91 bits per heavy atom. The third-order valence-electron chi connectivity index (χ3n) is 4.46. The van der Waals surface area contributed by atoms with Crippen molar-refractivity contribution in [2.75, 3.05) is 18.4 Å². The molecule has 1 heterocycles. The molecule has 0 bridgehead atoms. The second-order valence-electron chi connectivity index (χ2n) is 6.95. The lowest BCUT2D eigenvalue weighted by Crippen LogP contribution is -2.38. The van der Waals surface area contributed by atoms with Crippen molar-refractivity contribution in [3.8, 4) is 0 Å². The highest BCUT2D eigenvalue weighted by Gasteiger charge is 2.05. The lowest BCUT2D eigenvalue weighted by Gasteiger charge is -2.12. The molecule has 7 nitrogen and oxygen atoms in total. The van der Waals surface area contributed by atoms with Crippen LogP contribution in [0.4, 0.5) is 5.69 Å². The van der Waals surface area contributed by atoms with Crippen molar-refractivity contribution in [1.29, 1.82) is 0 Å². The number of amides is 1. The first-order valence-corrected chi connectivity index (χ1v) is 10.6. The highest BCUT2D eigenvalue weighted by atomic mass is 127. The van der Waals surface area contributed by atoms with Crippen LogP contribution in [-0.4, -0.2) is 34.7 Å². The molecule has 1 aromatic heterocycles. The van der Waals surface area contributed by atoms with Crippen LogP contribution in [0.15, 0.2) is 72.0 Å². The first-order valence-electron chi connectivity index (χ1n) is 10.2. The molecule has 0 spiro atoms. The Balaban J connectivity index is 0.00000363. The topological polar surface area (TPSA) is 83.3 Å². The Labute approximate surface area is 210 Å². The Hall–Kier alpha value is -2.59. The number of rotatable bonds is 9. The highest BCUT2D eigenvalue weighted by molar-refractivity contribution is 14.0. The van der Waals surface area contributed by atoms with Crippen LogP contribution in [-0.2, 0) is 24.3 Å². The number of nitrogens with one attached hydrogen (secondary N) is 3. The fourth-order valence-corrected chi connectivity index (χ4v) is 3.10. The lowest BCUT2D eigenvalue weighted by molar-refractivity contribution is -0.116. The molecule has 1 amide bonds. The third kappa shape index (κ3) is 8.88. The molecule has 0 aliphatic carbocycles. The molecular formula is C23H28ClIN6O. The average molecular weight is 567 g/mol. The predicted octanol–water partition coefficient (Wildman–Crippen LogP) is 4.09. The van der Waals surface area contributed by atoms with Gasteiger partial charge in [0.1, 0.15) is 6.54 Å². The highest BCUT2D eigenvalue weighted by Crippen LogP contribution is 2.12. The molecule has 9 heteroatoms. The third-order valence-corrected chi connectivity index (χ3v) is 4.71. The van der Waals surface area contributed by atoms with Crippen molar-refractivity contribution >= 4 is 53.1 Å². The molecule has 3 rings (SSSR count). The molecule has 170 valence electrons. The predicted molar refractivity (Wildman–Crippen MR) is 141 cm³/mol. The number of aromatic nitrogens is 2. The molecule has 0 aliphatic heterocycles. The summed E-state index contributed by atoms with van der Waals surface area (Å²) in [5.74, 6) is 0.631. The van der Waals surface area contributed by atoms with Gasteiger partial charge in [0, 0.05) is 36.2 Å². The average Bonchev–Trinajstić information content (AvgIpc) is 3.26. The summed E-state index contributed by atoms with van der Waals surface area (Å²) >= 11 is 5.94. The van der Waals surface area contributed by atoms with E-state index in [-0.39, 0.29) is 36.4 Å². The van der Waals surface area contributed by atoms with Crippen molar-refractivity contribution in [3.05, 3.63) is 83.1 Å². The monoisotopic (exact) mass is 566 g/mol. The second-order valence-corrected chi connectivity index (χ2v) is 7.39. The summed E-state index contributed by atoms with van der Waals surface area (Å²) in [7, 11) is 0. The normalized spacial score (nSPS) is 10.9. The van der Waals surface area contributed by atoms with Crippen LogP contribution in [0.1, 0.15) is 18.1 Å². The summed E-state index contributed by atoms with van der Waals surface area (Å²) in [6, 6.07) is 17.3. The van der Waals surface area contributed by atoms with E-state index >= 15 is 0 Å². The van der Waals surface area contributed by atoms with Gasteiger partial charge in [-0.1, -0.05) is 35.9 Å². The van der Waals surface area contributed by atoms with Gasteiger partial charge in [0.05, 0.1) is 6.54 Å². The number of halogens is 2. The van der Waals surface area contributed by atoms with Crippen molar-refractivity contribution in [2.24, 2.45) is 4.99 Å². The number of anilines is 1. The smallest absolute Gasteiger partial charge is 0.246 e. The van der Waals surface area contributed by atoms with E-state index in [4.69, 9.17) is 11.6 Å². The maximum atomic E-state index is 12.2. The summed E-state index contributed by atoms with van der Waals surface area (Å²) < 4.78 is 1.59. The Morgan fingerprint density at radius 3 is 2.62 bits per heavy atom. The maximum absolute atomic E-state index is 12.2. The summed E-state index contributed by atoms with van der Waals surface area (Å²) in [6.07, 6.45) is 4.28. The number of hydrogen-bond donors (Lipinski definition) is 3. The Morgan fingerprint density at radius 1 is 1.09 bits per heavy atom. The van der Waals surface area contributed by atoms with Crippen LogP contribution < -0.4 is 16.0 Å². The van der Waals surface area contributed by atoms with Crippen LogP contribution in [0.25, 0.3) is 0 Å². The van der Waals surface area contributed by atoms with Gasteiger partial charge in [0.2, 0.25) is 5.91 Å². The first-order chi connectivity index (χ1) is 15.1. The number of benzene rings is 2. The zero-order chi connectivity index (χ0) is 21.9. The quantitative estimate of drug-likeness (QED) is 0.207. The summed E-state index contributed by atoms with van der Waals surface area (Å²) in [5, 5.41) is 14.3. The molecule has 0 unspecified atom stereocenters.